The average Bonchev–Trinajstić information content (AvgIpc) is 3.62. The summed E-state index contributed by atoms with van der Waals surface area (Å²) in [5, 5.41) is 6.46. The highest BCUT2D eigenvalue weighted by Gasteiger charge is 2.52. The summed E-state index contributed by atoms with van der Waals surface area (Å²) in [6, 6.07) is 66.7. The van der Waals surface area contributed by atoms with Crippen LogP contribution in [0.1, 0.15) is 22.3 Å². The molecule has 0 fully saturated rings. The molecule has 0 radical (unpaired) electrons. The highest BCUT2D eigenvalue weighted by Crippen LogP contribution is 2.64. The van der Waals surface area contributed by atoms with Crippen molar-refractivity contribution in [3.05, 3.63) is 204 Å². The van der Waals surface area contributed by atoms with E-state index in [4.69, 9.17) is 0 Å². The zero-order chi connectivity index (χ0) is 31.7. The number of fused-ring (bicyclic) bond motifs is 12. The fraction of sp³-hybridized carbons (Fsp3) is 0.0213. The van der Waals surface area contributed by atoms with E-state index in [0.29, 0.717) is 0 Å². The molecule has 0 saturated carbocycles. The molecular formula is C47H31N. The molecule has 0 amide bonds. The van der Waals surface area contributed by atoms with Gasteiger partial charge in [0.1, 0.15) is 0 Å². The molecule has 1 atom stereocenters. The van der Waals surface area contributed by atoms with E-state index in [1.807, 2.05) is 0 Å². The van der Waals surface area contributed by atoms with Crippen LogP contribution < -0.4 is 5.32 Å². The normalized spacial score (nSPS) is 15.2. The Morgan fingerprint density at radius 2 is 0.875 bits per heavy atom. The van der Waals surface area contributed by atoms with E-state index in [2.05, 4.69) is 187 Å². The first-order chi connectivity index (χ1) is 23.8. The topological polar surface area (TPSA) is 12.0 Å². The quantitative estimate of drug-likeness (QED) is 0.209. The Labute approximate surface area is 280 Å². The van der Waals surface area contributed by atoms with E-state index in [1.54, 1.807) is 0 Å². The Morgan fingerprint density at radius 3 is 1.56 bits per heavy atom. The summed E-state index contributed by atoms with van der Waals surface area (Å²) >= 11 is 0. The molecule has 8 aromatic rings. The summed E-state index contributed by atoms with van der Waals surface area (Å²) in [5.74, 6) is 0. The minimum atomic E-state index is -0.419. The van der Waals surface area contributed by atoms with Crippen molar-refractivity contribution in [2.45, 2.75) is 5.41 Å². The molecule has 1 spiro atoms. The van der Waals surface area contributed by atoms with Crippen molar-refractivity contribution in [2.75, 3.05) is 5.32 Å². The van der Waals surface area contributed by atoms with E-state index in [9.17, 15) is 0 Å². The molecule has 0 bridgehead atoms. The monoisotopic (exact) mass is 609 g/mol. The number of anilines is 2. The second-order valence-electron chi connectivity index (χ2n) is 13.0. The Hall–Kier alpha value is -6.18. The van der Waals surface area contributed by atoms with Crippen molar-refractivity contribution in [3.8, 4) is 44.5 Å². The maximum Gasteiger partial charge on any atom is 0.0732 e. The standard InChI is InChI=1S/C47H31N/c1-3-13-31(14-4-1)34-27-35(32-15-5-2-6-16-32)29-37(28-34)48-36-24-26-41-39-19-9-11-21-43(39)47(45(41)30-36)44-22-12-10-20-40(44)42-25-23-33-17-7-8-18-38(33)46(42)47/h1-30,48H. The maximum atomic E-state index is 3.87. The summed E-state index contributed by atoms with van der Waals surface area (Å²) < 4.78 is 0. The third-order valence-corrected chi connectivity index (χ3v) is 10.4. The molecule has 1 N–H and O–H groups in total. The van der Waals surface area contributed by atoms with Crippen molar-refractivity contribution >= 4 is 22.1 Å². The molecule has 0 aliphatic heterocycles. The van der Waals surface area contributed by atoms with E-state index in [-0.39, 0.29) is 0 Å². The van der Waals surface area contributed by atoms with Gasteiger partial charge in [-0.05, 0) is 108 Å². The van der Waals surface area contributed by atoms with E-state index in [0.717, 1.165) is 11.4 Å². The number of rotatable bonds is 4. The van der Waals surface area contributed by atoms with Crippen molar-refractivity contribution < 1.29 is 0 Å². The highest BCUT2D eigenvalue weighted by molar-refractivity contribution is 6.04. The molecule has 8 aromatic carbocycles. The second-order valence-corrected chi connectivity index (χ2v) is 13.0. The first-order valence-electron chi connectivity index (χ1n) is 16.7. The van der Waals surface area contributed by atoms with Crippen LogP contribution in [0, 0.1) is 0 Å². The van der Waals surface area contributed by atoms with Gasteiger partial charge in [-0.2, -0.15) is 0 Å². The van der Waals surface area contributed by atoms with E-state index < -0.39 is 5.41 Å². The minimum absolute atomic E-state index is 0.419. The van der Waals surface area contributed by atoms with Gasteiger partial charge in [0.2, 0.25) is 0 Å². The van der Waals surface area contributed by atoms with Gasteiger partial charge in [0, 0.05) is 11.4 Å². The lowest BCUT2D eigenvalue weighted by molar-refractivity contribution is 0.801. The van der Waals surface area contributed by atoms with Crippen LogP contribution in [0.25, 0.3) is 55.3 Å². The Morgan fingerprint density at radius 1 is 0.333 bits per heavy atom. The molecule has 0 saturated heterocycles. The maximum absolute atomic E-state index is 3.87. The van der Waals surface area contributed by atoms with Crippen molar-refractivity contribution in [1.82, 2.24) is 0 Å². The molecule has 48 heavy (non-hydrogen) atoms. The number of nitrogens with one attached hydrogen (secondary N) is 1. The van der Waals surface area contributed by atoms with Crippen molar-refractivity contribution in [1.29, 1.82) is 0 Å². The lowest BCUT2D eigenvalue weighted by atomic mass is 9.69. The van der Waals surface area contributed by atoms with Crippen molar-refractivity contribution in [2.24, 2.45) is 0 Å². The predicted molar refractivity (Wildman–Crippen MR) is 201 cm³/mol. The first-order valence-corrected chi connectivity index (χ1v) is 16.7. The van der Waals surface area contributed by atoms with Gasteiger partial charge < -0.3 is 5.32 Å². The third-order valence-electron chi connectivity index (χ3n) is 10.4. The summed E-state index contributed by atoms with van der Waals surface area (Å²) in [7, 11) is 0. The van der Waals surface area contributed by atoms with Gasteiger partial charge in [-0.25, -0.2) is 0 Å². The number of benzene rings is 8. The average molecular weight is 610 g/mol. The predicted octanol–water partition coefficient (Wildman–Crippen LogP) is 12.3. The molecule has 10 rings (SSSR count). The van der Waals surface area contributed by atoms with Gasteiger partial charge in [0.15, 0.2) is 0 Å². The van der Waals surface area contributed by atoms with Crippen LogP contribution in [0.3, 0.4) is 0 Å². The lowest BCUT2D eigenvalue weighted by Gasteiger charge is -2.31. The van der Waals surface area contributed by atoms with Crippen LogP contribution in [0.5, 0.6) is 0 Å². The molecule has 1 unspecified atom stereocenters. The molecular weight excluding hydrogens is 579 g/mol. The van der Waals surface area contributed by atoms with Crippen LogP contribution >= 0.6 is 0 Å². The van der Waals surface area contributed by atoms with Crippen LogP contribution in [0.4, 0.5) is 11.4 Å². The molecule has 1 heteroatoms. The molecule has 2 aliphatic carbocycles. The first kappa shape index (κ1) is 27.0. The van der Waals surface area contributed by atoms with Gasteiger partial charge in [0.25, 0.3) is 0 Å². The fourth-order valence-electron chi connectivity index (χ4n) is 8.46. The summed E-state index contributed by atoms with van der Waals surface area (Å²) in [6.45, 7) is 0. The molecule has 0 heterocycles. The summed E-state index contributed by atoms with van der Waals surface area (Å²) in [5.41, 5.74) is 17.2. The van der Waals surface area contributed by atoms with E-state index >= 15 is 0 Å². The van der Waals surface area contributed by atoms with Crippen LogP contribution in [-0.2, 0) is 5.41 Å². The number of hydrogen-bond donors (Lipinski definition) is 1. The Balaban J connectivity index is 1.20. The zero-order valence-corrected chi connectivity index (χ0v) is 26.3. The molecule has 2 aliphatic rings. The van der Waals surface area contributed by atoms with E-state index in [1.165, 1.54) is 77.5 Å². The van der Waals surface area contributed by atoms with Gasteiger partial charge in [-0.3, -0.25) is 0 Å². The van der Waals surface area contributed by atoms with Crippen molar-refractivity contribution in [3.63, 3.8) is 0 Å². The SMILES string of the molecule is c1ccc(-c2cc(Nc3ccc4c(c3)C3(c5ccccc5-4)c4ccccc4-c4ccc5ccccc5c43)cc(-c3ccccc3)c2)cc1. The zero-order valence-electron chi connectivity index (χ0n) is 26.3. The second kappa shape index (κ2) is 10.4. The van der Waals surface area contributed by atoms with Gasteiger partial charge >= 0.3 is 0 Å². The molecule has 0 aromatic heterocycles. The summed E-state index contributed by atoms with van der Waals surface area (Å²) in [6.07, 6.45) is 0. The minimum Gasteiger partial charge on any atom is -0.355 e. The van der Waals surface area contributed by atoms with Gasteiger partial charge in [0.05, 0.1) is 5.41 Å². The van der Waals surface area contributed by atoms with Crippen LogP contribution in [-0.4, -0.2) is 0 Å². The lowest BCUT2D eigenvalue weighted by Crippen LogP contribution is -2.26. The third kappa shape index (κ3) is 3.85. The Kier molecular flexibility index (Phi) is 5.86. The van der Waals surface area contributed by atoms with Crippen LogP contribution in [0.2, 0.25) is 0 Å². The summed E-state index contributed by atoms with van der Waals surface area (Å²) in [4.78, 5) is 0. The Bertz CT molecular complexity index is 2460. The molecule has 1 nitrogen and oxygen atoms in total. The fourth-order valence-corrected chi connectivity index (χ4v) is 8.46. The largest absolute Gasteiger partial charge is 0.355 e. The van der Waals surface area contributed by atoms with Gasteiger partial charge in [-0.1, -0.05) is 152 Å². The van der Waals surface area contributed by atoms with Crippen LogP contribution in [0.15, 0.2) is 182 Å². The number of hydrogen-bond acceptors (Lipinski definition) is 1. The smallest absolute Gasteiger partial charge is 0.0732 e. The highest BCUT2D eigenvalue weighted by atomic mass is 14.9. The molecule has 224 valence electrons. The van der Waals surface area contributed by atoms with Gasteiger partial charge in [-0.15, -0.1) is 0 Å².